The third-order valence-electron chi connectivity index (χ3n) is 2.59. The van der Waals surface area contributed by atoms with Gasteiger partial charge >= 0.3 is 6.18 Å². The van der Waals surface area contributed by atoms with Crippen LogP contribution in [0.1, 0.15) is 5.56 Å². The van der Waals surface area contributed by atoms with Crippen LogP contribution < -0.4 is 10.9 Å². The molecule has 0 fully saturated rings. The van der Waals surface area contributed by atoms with Crippen molar-refractivity contribution in [3.8, 4) is 0 Å². The van der Waals surface area contributed by atoms with Gasteiger partial charge in [0, 0.05) is 12.4 Å². The number of rotatable bonds is 3. The van der Waals surface area contributed by atoms with Crippen LogP contribution >= 0.6 is 23.8 Å². The number of thiocarbonyl (C=S) groups is 1. The summed E-state index contributed by atoms with van der Waals surface area (Å²) in [6.07, 6.45) is -1.34. The largest absolute Gasteiger partial charge is 0.443 e. The summed E-state index contributed by atoms with van der Waals surface area (Å²) in [7, 11) is 0. The van der Waals surface area contributed by atoms with Gasteiger partial charge in [-0.3, -0.25) is 5.43 Å². The van der Waals surface area contributed by atoms with E-state index in [9.17, 15) is 13.2 Å². The highest BCUT2D eigenvalue weighted by atomic mass is 35.5. The summed E-state index contributed by atoms with van der Waals surface area (Å²) >= 11 is 9.92. The molecule has 2 rings (SSSR count). The van der Waals surface area contributed by atoms with Crippen LogP contribution in [-0.2, 0) is 6.54 Å². The molecule has 2 heterocycles. The highest BCUT2D eigenvalue weighted by molar-refractivity contribution is 7.80. The summed E-state index contributed by atoms with van der Waals surface area (Å²) in [6, 6.07) is 8.37. The first kappa shape index (κ1) is 16.4. The number of nitrogens with one attached hydrogen (secondary N) is 1. The van der Waals surface area contributed by atoms with Crippen LogP contribution in [0.15, 0.2) is 47.8 Å². The Morgan fingerprint density at radius 3 is 2.73 bits per heavy atom. The van der Waals surface area contributed by atoms with Crippen LogP contribution in [0.2, 0.25) is 5.15 Å². The second-order valence-corrected chi connectivity index (χ2v) is 5.02. The molecule has 0 aliphatic rings. The lowest BCUT2D eigenvalue weighted by atomic mass is 10.3. The van der Waals surface area contributed by atoms with Crippen LogP contribution in [0.4, 0.5) is 13.2 Å². The smallest absolute Gasteiger partial charge is 0.327 e. The van der Waals surface area contributed by atoms with Crippen molar-refractivity contribution in [1.29, 1.82) is 0 Å². The van der Waals surface area contributed by atoms with Crippen LogP contribution in [0.25, 0.3) is 0 Å². The van der Waals surface area contributed by atoms with Crippen molar-refractivity contribution in [2.24, 2.45) is 5.10 Å². The quantitative estimate of drug-likeness (QED) is 0.528. The number of hydrogen-bond donors (Lipinski definition) is 1. The molecule has 0 bridgehead atoms. The van der Waals surface area contributed by atoms with Crippen molar-refractivity contribution < 1.29 is 13.2 Å². The molecular formula is C13H10ClF3N4S. The summed E-state index contributed by atoms with van der Waals surface area (Å²) < 4.78 is 38.7. The highest BCUT2D eigenvalue weighted by Gasteiger charge is 2.34. The van der Waals surface area contributed by atoms with Gasteiger partial charge in [-0.15, -0.1) is 0 Å². The molecule has 0 saturated carbocycles. The number of halogens is 4. The van der Waals surface area contributed by atoms with E-state index in [1.54, 1.807) is 47.3 Å². The lowest BCUT2D eigenvalue weighted by Gasteiger charge is -2.09. The Balaban J connectivity index is 2.23. The minimum Gasteiger partial charge on any atom is -0.327 e. The van der Waals surface area contributed by atoms with Crippen molar-refractivity contribution >= 4 is 28.8 Å². The fraction of sp³-hybridized carbons (Fsp3) is 0.154. The minimum absolute atomic E-state index is 0.295. The summed E-state index contributed by atoms with van der Waals surface area (Å²) in [5, 5.41) is 4.06. The highest BCUT2D eigenvalue weighted by Crippen LogP contribution is 2.15. The second kappa shape index (κ2) is 6.89. The normalized spacial score (nSPS) is 12.3. The average molecular weight is 347 g/mol. The van der Waals surface area contributed by atoms with E-state index in [2.05, 4.69) is 22.3 Å². The van der Waals surface area contributed by atoms with Gasteiger partial charge < -0.3 is 4.57 Å². The molecule has 0 aliphatic heterocycles. The van der Waals surface area contributed by atoms with E-state index in [4.69, 9.17) is 11.6 Å². The van der Waals surface area contributed by atoms with E-state index in [-0.39, 0.29) is 0 Å². The fourth-order valence-electron chi connectivity index (χ4n) is 1.57. The molecule has 0 amide bonds. The van der Waals surface area contributed by atoms with Crippen LogP contribution in [0.3, 0.4) is 0 Å². The number of aromatic nitrogens is 2. The van der Waals surface area contributed by atoms with E-state index in [0.29, 0.717) is 17.2 Å². The minimum atomic E-state index is -4.61. The van der Waals surface area contributed by atoms with Crippen LogP contribution in [0.5, 0.6) is 0 Å². The number of alkyl halides is 3. The first-order valence-corrected chi connectivity index (χ1v) is 6.81. The van der Waals surface area contributed by atoms with Crippen molar-refractivity contribution in [1.82, 2.24) is 15.0 Å². The van der Waals surface area contributed by atoms with Crippen molar-refractivity contribution in [3.05, 3.63) is 58.9 Å². The van der Waals surface area contributed by atoms with Gasteiger partial charge in [0.25, 0.3) is 0 Å². The zero-order valence-corrected chi connectivity index (χ0v) is 12.6. The van der Waals surface area contributed by atoms with E-state index in [1.165, 1.54) is 0 Å². The molecule has 0 radical (unpaired) electrons. The Kier molecular flexibility index (Phi) is 5.15. The van der Waals surface area contributed by atoms with E-state index in [0.717, 1.165) is 5.56 Å². The Morgan fingerprint density at radius 1 is 1.32 bits per heavy atom. The number of hydrogen-bond acceptors (Lipinski definition) is 3. The van der Waals surface area contributed by atoms with Crippen molar-refractivity contribution in [3.63, 3.8) is 0 Å². The van der Waals surface area contributed by atoms with Crippen LogP contribution in [0, 0.1) is 0 Å². The third kappa shape index (κ3) is 4.54. The van der Waals surface area contributed by atoms with Gasteiger partial charge in [-0.25, -0.2) is 4.98 Å². The van der Waals surface area contributed by atoms with Gasteiger partial charge in [0.1, 0.15) is 5.15 Å². The molecule has 0 unspecified atom stereocenters. The first-order chi connectivity index (χ1) is 10.4. The topological polar surface area (TPSA) is 42.2 Å². The zero-order valence-electron chi connectivity index (χ0n) is 11.0. The van der Waals surface area contributed by atoms with E-state index >= 15 is 0 Å². The van der Waals surface area contributed by atoms with Gasteiger partial charge in [0.2, 0.25) is 4.99 Å². The SMILES string of the molecule is FC(F)(F)C(=S)N/N=c1\ccccn1Cc1ccc(Cl)nc1. The molecule has 116 valence electrons. The van der Waals surface area contributed by atoms with Crippen molar-refractivity contribution in [2.45, 2.75) is 12.7 Å². The molecule has 2 aromatic heterocycles. The van der Waals surface area contributed by atoms with Gasteiger partial charge in [0.15, 0.2) is 5.49 Å². The molecule has 0 aliphatic carbocycles. The molecule has 9 heteroatoms. The Morgan fingerprint density at radius 2 is 2.09 bits per heavy atom. The summed E-state index contributed by atoms with van der Waals surface area (Å²) in [5.74, 6) is 0. The molecule has 0 atom stereocenters. The Labute approximate surface area is 134 Å². The van der Waals surface area contributed by atoms with E-state index < -0.39 is 11.2 Å². The van der Waals surface area contributed by atoms with Crippen LogP contribution in [-0.4, -0.2) is 20.7 Å². The lowest BCUT2D eigenvalue weighted by Crippen LogP contribution is -2.34. The Hall–Kier alpha value is -1.93. The maximum Gasteiger partial charge on any atom is 0.443 e. The fourth-order valence-corrected chi connectivity index (χ4v) is 1.73. The molecule has 1 N–H and O–H groups in total. The zero-order chi connectivity index (χ0) is 16.2. The average Bonchev–Trinajstić information content (AvgIpc) is 2.47. The standard InChI is InChI=1S/C13H10ClF3N4S/c14-10-5-4-9(7-18-10)8-21-6-2-1-3-11(21)19-20-12(22)13(15,16)17/h1-7H,8H2,(H,20,22)/b19-11+. The molecular weight excluding hydrogens is 337 g/mol. The molecule has 4 nitrogen and oxygen atoms in total. The van der Waals surface area contributed by atoms with E-state index in [1.807, 2.05) is 5.43 Å². The molecule has 0 aromatic carbocycles. The van der Waals surface area contributed by atoms with Crippen molar-refractivity contribution in [2.75, 3.05) is 0 Å². The molecule has 0 saturated heterocycles. The number of pyridine rings is 2. The van der Waals surface area contributed by atoms with Gasteiger partial charge in [-0.2, -0.15) is 18.3 Å². The monoisotopic (exact) mass is 346 g/mol. The molecule has 2 aromatic rings. The summed E-state index contributed by atoms with van der Waals surface area (Å²) in [6.45, 7) is 0.379. The molecule has 22 heavy (non-hydrogen) atoms. The first-order valence-electron chi connectivity index (χ1n) is 6.03. The predicted octanol–water partition coefficient (Wildman–Crippen LogP) is 2.88. The maximum atomic E-state index is 12.3. The third-order valence-corrected chi connectivity index (χ3v) is 3.13. The predicted molar refractivity (Wildman–Crippen MR) is 80.1 cm³/mol. The number of nitrogens with zero attached hydrogens (tertiary/aromatic N) is 3. The second-order valence-electron chi connectivity index (χ2n) is 4.23. The maximum absolute atomic E-state index is 12.3. The van der Waals surface area contributed by atoms with Gasteiger partial charge in [0.05, 0.1) is 6.54 Å². The summed E-state index contributed by atoms with van der Waals surface area (Å²) in [5.41, 5.74) is 2.97. The Bertz CT molecular complexity index is 725. The van der Waals surface area contributed by atoms with Gasteiger partial charge in [-0.05, 0) is 23.8 Å². The molecule has 0 spiro atoms. The lowest BCUT2D eigenvalue weighted by molar-refractivity contribution is -0.0591. The summed E-state index contributed by atoms with van der Waals surface area (Å²) in [4.78, 5) is 2.65. The van der Waals surface area contributed by atoms with Gasteiger partial charge in [-0.1, -0.05) is 36.0 Å².